The maximum absolute atomic E-state index is 12.4. The van der Waals surface area contributed by atoms with E-state index in [-0.39, 0.29) is 9.79 Å². The summed E-state index contributed by atoms with van der Waals surface area (Å²) in [6.07, 6.45) is -3.08. The zero-order chi connectivity index (χ0) is 21.4. The summed E-state index contributed by atoms with van der Waals surface area (Å²) < 4.78 is 83.8. The van der Waals surface area contributed by atoms with E-state index in [1.165, 1.54) is 48.5 Å². The number of sulfone groups is 1. The number of hydrogen-bond acceptors (Lipinski definition) is 8. The maximum atomic E-state index is 12.4. The topological polar surface area (TPSA) is 121 Å². The van der Waals surface area contributed by atoms with Crippen molar-refractivity contribution in [3.05, 3.63) is 58.6 Å². The molecule has 0 spiro atoms. The van der Waals surface area contributed by atoms with Gasteiger partial charge in [0.05, 0.1) is 21.3 Å². The van der Waals surface area contributed by atoms with Crippen LogP contribution in [-0.2, 0) is 38.4 Å². The Hall–Kier alpha value is -1.21. The molecule has 3 rings (SSSR count). The molecule has 13 heteroatoms. The molecule has 158 valence electrons. The summed E-state index contributed by atoms with van der Waals surface area (Å²) in [6.45, 7) is 0. The predicted octanol–water partition coefficient (Wildman–Crippen LogP) is 2.27. The van der Waals surface area contributed by atoms with E-state index in [9.17, 15) is 25.3 Å². The van der Waals surface area contributed by atoms with E-state index < -0.39 is 53.8 Å². The van der Waals surface area contributed by atoms with Crippen LogP contribution in [0, 0.1) is 0 Å². The summed E-state index contributed by atoms with van der Waals surface area (Å²) in [6, 6.07) is 10.0. The first kappa shape index (κ1) is 22.5. The minimum Gasteiger partial charge on any atom is -0.259 e. The molecule has 1 saturated heterocycles. The second-order valence-electron chi connectivity index (χ2n) is 6.16. The first-order chi connectivity index (χ1) is 13.4. The van der Waals surface area contributed by atoms with Gasteiger partial charge in [-0.05, 0) is 48.5 Å². The molecule has 1 aliphatic rings. The van der Waals surface area contributed by atoms with Crippen molar-refractivity contribution in [3.8, 4) is 0 Å². The normalized spacial score (nSPS) is 21.9. The lowest BCUT2D eigenvalue weighted by molar-refractivity contribution is 0.101. The van der Waals surface area contributed by atoms with Gasteiger partial charge in [0.1, 0.15) is 12.2 Å². The molecule has 2 aromatic rings. The van der Waals surface area contributed by atoms with E-state index >= 15 is 0 Å². The zero-order valence-electron chi connectivity index (χ0n) is 14.4. The second kappa shape index (κ2) is 8.14. The molecule has 2 aromatic carbocycles. The molecule has 0 bridgehead atoms. The van der Waals surface area contributed by atoms with Crippen molar-refractivity contribution >= 4 is 53.3 Å². The lowest BCUT2D eigenvalue weighted by Gasteiger charge is -2.18. The first-order valence-corrected chi connectivity index (χ1v) is 13.4. The molecular weight excluding hydrogens is 487 g/mol. The van der Waals surface area contributed by atoms with Gasteiger partial charge in [-0.1, -0.05) is 23.2 Å². The molecule has 29 heavy (non-hydrogen) atoms. The van der Waals surface area contributed by atoms with Crippen molar-refractivity contribution in [2.45, 2.75) is 22.0 Å². The maximum Gasteiger partial charge on any atom is 0.297 e. The van der Waals surface area contributed by atoms with Crippen LogP contribution in [0.2, 0.25) is 10.0 Å². The molecule has 1 fully saturated rings. The van der Waals surface area contributed by atoms with Gasteiger partial charge < -0.3 is 0 Å². The van der Waals surface area contributed by atoms with Crippen LogP contribution in [0.5, 0.6) is 0 Å². The fraction of sp³-hybridized carbons (Fsp3) is 0.250. The van der Waals surface area contributed by atoms with E-state index in [2.05, 4.69) is 0 Å². The zero-order valence-corrected chi connectivity index (χ0v) is 18.4. The molecule has 0 unspecified atom stereocenters. The fourth-order valence-corrected chi connectivity index (χ4v) is 6.92. The fourth-order valence-electron chi connectivity index (χ4n) is 2.60. The quantitative estimate of drug-likeness (QED) is 0.553. The molecule has 1 heterocycles. The number of rotatable bonds is 6. The van der Waals surface area contributed by atoms with Gasteiger partial charge in [0.15, 0.2) is 9.84 Å². The Balaban J connectivity index is 1.85. The number of benzene rings is 2. The molecule has 0 saturated carbocycles. The van der Waals surface area contributed by atoms with Gasteiger partial charge in [0, 0.05) is 10.0 Å². The van der Waals surface area contributed by atoms with Crippen molar-refractivity contribution in [2.75, 3.05) is 11.5 Å². The van der Waals surface area contributed by atoms with Gasteiger partial charge in [-0.2, -0.15) is 16.8 Å². The number of halogens is 2. The molecule has 0 N–H and O–H groups in total. The standard InChI is InChI=1S/C16H14Cl2O8S3/c17-11-1-5-13(6-2-11)28(21,22)25-15-9-27(19,20)10-16(15)26-29(23,24)14-7-3-12(18)4-8-14/h1-8,15-16H,9-10H2/t15-,16+. The highest BCUT2D eigenvalue weighted by molar-refractivity contribution is 7.92. The Morgan fingerprint density at radius 2 is 1.00 bits per heavy atom. The Kier molecular flexibility index (Phi) is 6.31. The highest BCUT2D eigenvalue weighted by Gasteiger charge is 2.44. The average Bonchev–Trinajstić information content (AvgIpc) is 2.87. The third-order valence-corrected chi connectivity index (χ3v) is 8.83. The van der Waals surface area contributed by atoms with Crippen LogP contribution in [0.3, 0.4) is 0 Å². The van der Waals surface area contributed by atoms with Crippen LogP contribution in [0.4, 0.5) is 0 Å². The number of hydrogen-bond donors (Lipinski definition) is 0. The Morgan fingerprint density at radius 1 is 0.690 bits per heavy atom. The van der Waals surface area contributed by atoms with E-state index in [0.717, 1.165) is 0 Å². The monoisotopic (exact) mass is 500 g/mol. The van der Waals surface area contributed by atoms with Gasteiger partial charge in [-0.15, -0.1) is 0 Å². The summed E-state index contributed by atoms with van der Waals surface area (Å²) in [4.78, 5) is -0.518. The van der Waals surface area contributed by atoms with Gasteiger partial charge >= 0.3 is 0 Å². The highest BCUT2D eigenvalue weighted by Crippen LogP contribution is 2.27. The highest BCUT2D eigenvalue weighted by atomic mass is 35.5. The van der Waals surface area contributed by atoms with Crippen LogP contribution in [0.25, 0.3) is 0 Å². The molecule has 1 aliphatic heterocycles. The van der Waals surface area contributed by atoms with E-state index in [1.807, 2.05) is 0 Å². The molecular formula is C16H14Cl2O8S3. The average molecular weight is 501 g/mol. The molecule has 8 nitrogen and oxygen atoms in total. The van der Waals surface area contributed by atoms with Crippen LogP contribution in [0.15, 0.2) is 58.3 Å². The predicted molar refractivity (Wildman–Crippen MR) is 106 cm³/mol. The Bertz CT molecular complexity index is 1110. The second-order valence-corrected chi connectivity index (χ2v) is 12.3. The molecule has 2 atom stereocenters. The van der Waals surface area contributed by atoms with E-state index in [0.29, 0.717) is 10.0 Å². The smallest absolute Gasteiger partial charge is 0.259 e. The van der Waals surface area contributed by atoms with Crippen LogP contribution in [0.1, 0.15) is 0 Å². The SMILES string of the molecule is O=S1(=O)C[C@H](OS(=O)(=O)c2ccc(Cl)cc2)[C@H](OS(=O)(=O)c2ccc(Cl)cc2)C1. The molecule has 0 aliphatic carbocycles. The lowest BCUT2D eigenvalue weighted by Crippen LogP contribution is -2.34. The first-order valence-electron chi connectivity index (χ1n) is 7.96. The summed E-state index contributed by atoms with van der Waals surface area (Å²) in [7, 11) is -12.6. The summed E-state index contributed by atoms with van der Waals surface area (Å²) in [5.74, 6) is -1.42. The largest absolute Gasteiger partial charge is 0.297 e. The third-order valence-electron chi connectivity index (χ3n) is 3.96. The third kappa shape index (κ3) is 5.48. The van der Waals surface area contributed by atoms with Crippen LogP contribution >= 0.6 is 23.2 Å². The van der Waals surface area contributed by atoms with Crippen LogP contribution < -0.4 is 0 Å². The van der Waals surface area contributed by atoms with Crippen molar-refractivity contribution in [3.63, 3.8) is 0 Å². The van der Waals surface area contributed by atoms with Gasteiger partial charge in [0.25, 0.3) is 20.2 Å². The van der Waals surface area contributed by atoms with Gasteiger partial charge in [-0.3, -0.25) is 8.37 Å². The molecule has 0 amide bonds. The summed E-state index contributed by atoms with van der Waals surface area (Å²) in [5, 5.41) is 0.588. The molecule has 0 aromatic heterocycles. The van der Waals surface area contributed by atoms with Crippen molar-refractivity contribution in [2.24, 2.45) is 0 Å². The molecule has 0 radical (unpaired) electrons. The minimum atomic E-state index is -4.38. The lowest BCUT2D eigenvalue weighted by atomic mass is 10.3. The van der Waals surface area contributed by atoms with E-state index in [4.69, 9.17) is 31.6 Å². The summed E-state index contributed by atoms with van der Waals surface area (Å²) in [5.41, 5.74) is 0. The van der Waals surface area contributed by atoms with Crippen molar-refractivity contribution in [1.29, 1.82) is 0 Å². The van der Waals surface area contributed by atoms with E-state index in [1.54, 1.807) is 0 Å². The Morgan fingerprint density at radius 3 is 1.31 bits per heavy atom. The summed E-state index contributed by atoms with van der Waals surface area (Å²) >= 11 is 11.4. The minimum absolute atomic E-state index is 0.259. The van der Waals surface area contributed by atoms with Gasteiger partial charge in [0.2, 0.25) is 0 Å². The van der Waals surface area contributed by atoms with Crippen molar-refractivity contribution < 1.29 is 33.6 Å². The van der Waals surface area contributed by atoms with Gasteiger partial charge in [-0.25, -0.2) is 8.42 Å². The van der Waals surface area contributed by atoms with Crippen molar-refractivity contribution in [1.82, 2.24) is 0 Å². The van der Waals surface area contributed by atoms with Crippen LogP contribution in [-0.4, -0.2) is 49.0 Å². The Labute approximate surface area is 178 Å².